The van der Waals surface area contributed by atoms with Crippen molar-refractivity contribution >= 4 is 41.3 Å². The Morgan fingerprint density at radius 1 is 0.970 bits per heavy atom. The van der Waals surface area contributed by atoms with Crippen LogP contribution >= 0.6 is 11.6 Å². The van der Waals surface area contributed by atoms with Crippen molar-refractivity contribution < 1.29 is 14.2 Å². The number of anilines is 4. The monoisotopic (exact) mass is 469 g/mol. The number of ether oxygens (including phenoxy) is 3. The molecule has 0 saturated carbocycles. The number of hydrogen-bond donors (Lipinski definition) is 2. The van der Waals surface area contributed by atoms with Crippen LogP contribution in [-0.4, -0.2) is 61.7 Å². The van der Waals surface area contributed by atoms with E-state index in [1.165, 1.54) is 0 Å². The number of morpholine rings is 1. The molecule has 172 valence electrons. The van der Waals surface area contributed by atoms with Crippen LogP contribution < -0.4 is 25.1 Å². The minimum absolute atomic E-state index is 0.305. The number of nitrogens with zero attached hydrogens (tertiary/aromatic N) is 5. The van der Waals surface area contributed by atoms with E-state index < -0.39 is 0 Å². The summed E-state index contributed by atoms with van der Waals surface area (Å²) in [6, 6.07) is 12.8. The number of benzene rings is 2. The summed E-state index contributed by atoms with van der Waals surface area (Å²) in [6.07, 6.45) is 1.65. The predicted molar refractivity (Wildman–Crippen MR) is 128 cm³/mol. The van der Waals surface area contributed by atoms with E-state index in [0.717, 1.165) is 11.3 Å². The van der Waals surface area contributed by atoms with Crippen molar-refractivity contribution in [3.63, 3.8) is 0 Å². The van der Waals surface area contributed by atoms with Gasteiger partial charge >= 0.3 is 0 Å². The molecular weight excluding hydrogens is 446 g/mol. The average Bonchev–Trinajstić information content (AvgIpc) is 2.86. The second-order valence-corrected chi connectivity index (χ2v) is 7.43. The molecule has 0 spiro atoms. The Morgan fingerprint density at radius 3 is 2.42 bits per heavy atom. The molecule has 1 saturated heterocycles. The van der Waals surface area contributed by atoms with Crippen LogP contribution in [-0.2, 0) is 4.74 Å². The quantitative estimate of drug-likeness (QED) is 0.378. The van der Waals surface area contributed by atoms with Gasteiger partial charge in [-0.05, 0) is 48.0 Å². The van der Waals surface area contributed by atoms with Crippen LogP contribution in [0.5, 0.6) is 11.5 Å². The van der Waals surface area contributed by atoms with Crippen LogP contribution in [0.4, 0.5) is 23.5 Å². The molecule has 2 heterocycles. The fourth-order valence-electron chi connectivity index (χ4n) is 3.14. The van der Waals surface area contributed by atoms with E-state index in [1.54, 1.807) is 32.6 Å². The van der Waals surface area contributed by atoms with Crippen LogP contribution in [0.1, 0.15) is 5.56 Å². The largest absolute Gasteiger partial charge is 0.493 e. The van der Waals surface area contributed by atoms with E-state index in [-0.39, 0.29) is 0 Å². The number of hydrazone groups is 1. The molecule has 0 bridgehead atoms. The number of aromatic nitrogens is 3. The summed E-state index contributed by atoms with van der Waals surface area (Å²) in [4.78, 5) is 15.6. The molecule has 0 radical (unpaired) electrons. The van der Waals surface area contributed by atoms with Gasteiger partial charge in [0, 0.05) is 23.8 Å². The summed E-state index contributed by atoms with van der Waals surface area (Å²) >= 11 is 5.98. The van der Waals surface area contributed by atoms with Gasteiger partial charge in [0.05, 0.1) is 33.6 Å². The van der Waals surface area contributed by atoms with Gasteiger partial charge in [-0.15, -0.1) is 0 Å². The van der Waals surface area contributed by atoms with Gasteiger partial charge in [0.25, 0.3) is 0 Å². The van der Waals surface area contributed by atoms with Gasteiger partial charge in [-0.3, -0.25) is 0 Å². The van der Waals surface area contributed by atoms with Crippen molar-refractivity contribution in [2.75, 3.05) is 56.2 Å². The van der Waals surface area contributed by atoms with Gasteiger partial charge < -0.3 is 24.4 Å². The average molecular weight is 470 g/mol. The molecule has 4 rings (SSSR count). The Balaban J connectivity index is 1.55. The first-order valence-electron chi connectivity index (χ1n) is 10.3. The maximum absolute atomic E-state index is 5.98. The zero-order valence-corrected chi connectivity index (χ0v) is 19.0. The van der Waals surface area contributed by atoms with Crippen molar-refractivity contribution in [1.82, 2.24) is 15.0 Å². The van der Waals surface area contributed by atoms with Gasteiger partial charge in [0.1, 0.15) is 0 Å². The van der Waals surface area contributed by atoms with Crippen LogP contribution in [0.15, 0.2) is 47.6 Å². The lowest BCUT2D eigenvalue weighted by Crippen LogP contribution is -2.37. The Hall–Kier alpha value is -3.63. The van der Waals surface area contributed by atoms with E-state index in [1.807, 2.05) is 35.2 Å². The lowest BCUT2D eigenvalue weighted by molar-refractivity contribution is 0.122. The third-order valence-electron chi connectivity index (χ3n) is 4.80. The van der Waals surface area contributed by atoms with Gasteiger partial charge in [0.2, 0.25) is 17.8 Å². The standard InChI is InChI=1S/C22H24ClN7O3/c1-31-18-8-3-15(13-19(18)32-2)14-24-29-21-26-20(25-17-6-4-16(23)5-7-17)27-22(28-21)30-9-11-33-12-10-30/h3-8,13-14H,9-12H2,1-2H3,(H2,25,26,27,28,29)/b24-14-. The summed E-state index contributed by atoms with van der Waals surface area (Å²) in [7, 11) is 3.18. The Labute approximate surface area is 196 Å². The summed E-state index contributed by atoms with van der Waals surface area (Å²) in [5.41, 5.74) is 4.52. The lowest BCUT2D eigenvalue weighted by atomic mass is 10.2. The van der Waals surface area contributed by atoms with Crippen LogP contribution in [0.25, 0.3) is 0 Å². The molecule has 1 aliphatic rings. The summed E-state index contributed by atoms with van der Waals surface area (Å²) in [5.74, 6) is 2.49. The lowest BCUT2D eigenvalue weighted by Gasteiger charge is -2.27. The summed E-state index contributed by atoms with van der Waals surface area (Å²) in [5, 5.41) is 8.11. The highest BCUT2D eigenvalue weighted by molar-refractivity contribution is 6.30. The van der Waals surface area contributed by atoms with Crippen molar-refractivity contribution in [2.24, 2.45) is 5.10 Å². The molecule has 0 aliphatic carbocycles. The molecule has 33 heavy (non-hydrogen) atoms. The summed E-state index contributed by atoms with van der Waals surface area (Å²) < 4.78 is 16.0. The maximum atomic E-state index is 5.98. The molecule has 2 N–H and O–H groups in total. The second-order valence-electron chi connectivity index (χ2n) is 7.00. The third-order valence-corrected chi connectivity index (χ3v) is 5.06. The number of halogens is 1. The normalized spacial score (nSPS) is 13.7. The fourth-order valence-corrected chi connectivity index (χ4v) is 3.26. The predicted octanol–water partition coefficient (Wildman–Crippen LogP) is 3.57. The van der Waals surface area contributed by atoms with Gasteiger partial charge in [0.15, 0.2) is 11.5 Å². The first kappa shape index (κ1) is 22.6. The zero-order valence-electron chi connectivity index (χ0n) is 18.3. The van der Waals surface area contributed by atoms with E-state index in [0.29, 0.717) is 60.7 Å². The third kappa shape index (κ3) is 5.99. The molecule has 1 fully saturated rings. The Kier molecular flexibility index (Phi) is 7.38. The molecule has 2 aromatic carbocycles. The Bertz CT molecular complexity index is 1110. The highest BCUT2D eigenvalue weighted by atomic mass is 35.5. The van der Waals surface area contributed by atoms with Crippen molar-refractivity contribution in [2.45, 2.75) is 0 Å². The van der Waals surface area contributed by atoms with Crippen molar-refractivity contribution in [3.8, 4) is 11.5 Å². The van der Waals surface area contributed by atoms with E-state index in [9.17, 15) is 0 Å². The molecular formula is C22H24ClN7O3. The van der Waals surface area contributed by atoms with Crippen LogP contribution in [0.2, 0.25) is 5.02 Å². The zero-order chi connectivity index (χ0) is 23.0. The second kappa shape index (κ2) is 10.8. The first-order chi connectivity index (χ1) is 16.1. The maximum Gasteiger partial charge on any atom is 0.250 e. The van der Waals surface area contributed by atoms with Crippen molar-refractivity contribution in [1.29, 1.82) is 0 Å². The number of hydrogen-bond acceptors (Lipinski definition) is 10. The molecule has 10 nitrogen and oxygen atoms in total. The van der Waals surface area contributed by atoms with E-state index in [2.05, 4.69) is 30.8 Å². The van der Waals surface area contributed by atoms with Gasteiger partial charge in [-0.1, -0.05) is 11.6 Å². The molecule has 0 unspecified atom stereocenters. The molecule has 1 aromatic heterocycles. The molecule has 11 heteroatoms. The first-order valence-corrected chi connectivity index (χ1v) is 10.6. The Morgan fingerprint density at radius 2 is 1.70 bits per heavy atom. The molecule has 0 atom stereocenters. The number of nitrogens with one attached hydrogen (secondary N) is 2. The van der Waals surface area contributed by atoms with E-state index in [4.69, 9.17) is 25.8 Å². The number of methoxy groups -OCH3 is 2. The molecule has 3 aromatic rings. The minimum Gasteiger partial charge on any atom is -0.493 e. The highest BCUT2D eigenvalue weighted by Crippen LogP contribution is 2.27. The topological polar surface area (TPSA) is 106 Å². The fraction of sp³-hybridized carbons (Fsp3) is 0.273. The summed E-state index contributed by atoms with van der Waals surface area (Å²) in [6.45, 7) is 2.62. The van der Waals surface area contributed by atoms with Gasteiger partial charge in [-0.25, -0.2) is 5.43 Å². The SMILES string of the molecule is COc1ccc(/C=N\Nc2nc(Nc3ccc(Cl)cc3)nc(N3CCOCC3)n2)cc1OC. The van der Waals surface area contributed by atoms with Gasteiger partial charge in [-0.2, -0.15) is 20.1 Å². The number of rotatable bonds is 8. The minimum atomic E-state index is 0.305. The smallest absolute Gasteiger partial charge is 0.250 e. The van der Waals surface area contributed by atoms with Crippen molar-refractivity contribution in [3.05, 3.63) is 53.1 Å². The highest BCUT2D eigenvalue weighted by Gasteiger charge is 2.16. The van der Waals surface area contributed by atoms with E-state index >= 15 is 0 Å². The molecule has 0 amide bonds. The van der Waals surface area contributed by atoms with Crippen LogP contribution in [0, 0.1) is 0 Å². The molecule has 1 aliphatic heterocycles. The van der Waals surface area contributed by atoms with Crippen LogP contribution in [0.3, 0.4) is 0 Å².